The normalized spacial score (nSPS) is 11.5. The molecule has 0 fully saturated rings. The third-order valence-corrected chi connectivity index (χ3v) is 4.38. The molecule has 11 heteroatoms. The second-order valence-electron chi connectivity index (χ2n) is 4.93. The molecule has 3 rings (SSSR count). The first-order valence-electron chi connectivity index (χ1n) is 6.93. The van der Waals surface area contributed by atoms with Crippen LogP contribution in [0.1, 0.15) is 0 Å². The summed E-state index contributed by atoms with van der Waals surface area (Å²) in [5.74, 6) is 0.755. The monoisotopic (exact) mass is 365 g/mol. The van der Waals surface area contributed by atoms with Crippen molar-refractivity contribution < 1.29 is 22.6 Å². The molecule has 0 aliphatic rings. The molecule has 2 aromatic heterocycles. The molecule has 0 aliphatic carbocycles. The Morgan fingerprint density at radius 1 is 1.04 bits per heavy atom. The van der Waals surface area contributed by atoms with E-state index in [1.165, 1.54) is 39.7 Å². The SMILES string of the molecule is COc1ncc2[nH]c(-c3cc(S(N)(=O)=O)c(OC)cc3OC)nc2n1. The van der Waals surface area contributed by atoms with Crippen molar-refractivity contribution in [1.82, 2.24) is 19.9 Å². The molecule has 0 saturated heterocycles. The van der Waals surface area contributed by atoms with E-state index in [9.17, 15) is 8.42 Å². The van der Waals surface area contributed by atoms with E-state index in [1.807, 2.05) is 0 Å². The van der Waals surface area contributed by atoms with Crippen molar-refractivity contribution in [2.75, 3.05) is 21.3 Å². The molecule has 0 bridgehead atoms. The second kappa shape index (κ2) is 6.18. The fourth-order valence-corrected chi connectivity index (χ4v) is 3.00. The van der Waals surface area contributed by atoms with Crippen molar-refractivity contribution in [3.8, 4) is 28.9 Å². The summed E-state index contributed by atoms with van der Waals surface area (Å²) in [6.45, 7) is 0. The molecule has 3 N–H and O–H groups in total. The number of nitrogens with zero attached hydrogens (tertiary/aromatic N) is 3. The van der Waals surface area contributed by atoms with E-state index in [2.05, 4.69) is 19.9 Å². The number of ether oxygens (including phenoxy) is 3. The Bertz CT molecular complexity index is 1050. The lowest BCUT2D eigenvalue weighted by Crippen LogP contribution is -2.14. The maximum Gasteiger partial charge on any atom is 0.318 e. The molecule has 3 aromatic rings. The summed E-state index contributed by atoms with van der Waals surface area (Å²) < 4.78 is 39.0. The molecule has 0 amide bonds. The van der Waals surface area contributed by atoms with Gasteiger partial charge in [-0.2, -0.15) is 4.98 Å². The molecule has 0 aliphatic heterocycles. The summed E-state index contributed by atoms with van der Waals surface area (Å²) in [5.41, 5.74) is 1.28. The van der Waals surface area contributed by atoms with Gasteiger partial charge in [0, 0.05) is 6.07 Å². The fourth-order valence-electron chi connectivity index (χ4n) is 2.30. The number of aromatic amines is 1. The average molecular weight is 365 g/mol. The number of H-pyrrole nitrogens is 1. The van der Waals surface area contributed by atoms with Gasteiger partial charge in [0.05, 0.1) is 33.1 Å². The van der Waals surface area contributed by atoms with Crippen LogP contribution in [0.4, 0.5) is 0 Å². The van der Waals surface area contributed by atoms with Gasteiger partial charge in [0.15, 0.2) is 5.65 Å². The zero-order valence-corrected chi connectivity index (χ0v) is 14.4. The number of primary sulfonamides is 1. The van der Waals surface area contributed by atoms with Crippen LogP contribution in [0.25, 0.3) is 22.6 Å². The summed E-state index contributed by atoms with van der Waals surface area (Å²) in [7, 11) is 0.216. The number of hydrogen-bond donors (Lipinski definition) is 2. The summed E-state index contributed by atoms with van der Waals surface area (Å²) in [6.07, 6.45) is 1.51. The van der Waals surface area contributed by atoms with Crippen molar-refractivity contribution in [2.24, 2.45) is 5.14 Å². The lowest BCUT2D eigenvalue weighted by atomic mass is 10.2. The zero-order chi connectivity index (χ0) is 18.2. The minimum Gasteiger partial charge on any atom is -0.496 e. The van der Waals surface area contributed by atoms with Crippen molar-refractivity contribution in [2.45, 2.75) is 4.90 Å². The van der Waals surface area contributed by atoms with Gasteiger partial charge < -0.3 is 19.2 Å². The molecule has 132 valence electrons. The highest BCUT2D eigenvalue weighted by Gasteiger charge is 2.22. The highest BCUT2D eigenvalue weighted by molar-refractivity contribution is 7.89. The molecule has 2 heterocycles. The summed E-state index contributed by atoms with van der Waals surface area (Å²) >= 11 is 0. The van der Waals surface area contributed by atoms with Crippen LogP contribution in [-0.2, 0) is 10.0 Å². The lowest BCUT2D eigenvalue weighted by molar-refractivity contribution is 0.381. The van der Waals surface area contributed by atoms with Crippen molar-refractivity contribution in [1.29, 1.82) is 0 Å². The summed E-state index contributed by atoms with van der Waals surface area (Å²) in [5, 5.41) is 5.27. The minimum absolute atomic E-state index is 0.0701. The molecular weight excluding hydrogens is 350 g/mol. The third kappa shape index (κ3) is 3.06. The van der Waals surface area contributed by atoms with E-state index in [-0.39, 0.29) is 16.7 Å². The van der Waals surface area contributed by atoms with Crippen LogP contribution in [0, 0.1) is 0 Å². The molecule has 0 saturated carbocycles. The number of aromatic nitrogens is 4. The Balaban J connectivity index is 2.25. The van der Waals surface area contributed by atoms with E-state index < -0.39 is 10.0 Å². The number of benzene rings is 1. The number of sulfonamides is 1. The van der Waals surface area contributed by atoms with Gasteiger partial charge in [-0.3, -0.25) is 0 Å². The second-order valence-corrected chi connectivity index (χ2v) is 6.46. The first kappa shape index (κ1) is 16.9. The average Bonchev–Trinajstić information content (AvgIpc) is 3.02. The van der Waals surface area contributed by atoms with Crippen LogP contribution in [0.5, 0.6) is 17.5 Å². The van der Waals surface area contributed by atoms with Gasteiger partial charge in [0.1, 0.15) is 27.7 Å². The molecule has 0 unspecified atom stereocenters. The first-order valence-corrected chi connectivity index (χ1v) is 8.48. The Morgan fingerprint density at radius 2 is 1.76 bits per heavy atom. The molecule has 1 aromatic carbocycles. The predicted octanol–water partition coefficient (Wildman–Crippen LogP) is 0.693. The zero-order valence-electron chi connectivity index (χ0n) is 13.6. The van der Waals surface area contributed by atoms with Gasteiger partial charge in [-0.05, 0) is 6.07 Å². The quantitative estimate of drug-likeness (QED) is 0.672. The summed E-state index contributed by atoms with van der Waals surface area (Å²) in [6, 6.07) is 2.92. The van der Waals surface area contributed by atoms with E-state index in [1.54, 1.807) is 0 Å². The number of rotatable bonds is 5. The number of nitrogens with two attached hydrogens (primary N) is 1. The Morgan fingerprint density at radius 3 is 2.36 bits per heavy atom. The van der Waals surface area contributed by atoms with Crippen LogP contribution >= 0.6 is 0 Å². The van der Waals surface area contributed by atoms with Crippen LogP contribution in [0.2, 0.25) is 0 Å². The smallest absolute Gasteiger partial charge is 0.318 e. The highest BCUT2D eigenvalue weighted by Crippen LogP contribution is 2.37. The van der Waals surface area contributed by atoms with E-state index in [0.717, 1.165) is 0 Å². The lowest BCUT2D eigenvalue weighted by Gasteiger charge is -2.12. The molecule has 0 spiro atoms. The van der Waals surface area contributed by atoms with Gasteiger partial charge in [-0.1, -0.05) is 0 Å². The number of hydrogen-bond acceptors (Lipinski definition) is 8. The van der Waals surface area contributed by atoms with Gasteiger partial charge in [0.2, 0.25) is 10.0 Å². The van der Waals surface area contributed by atoms with Gasteiger partial charge in [0.25, 0.3) is 0 Å². The molecule has 10 nitrogen and oxygen atoms in total. The van der Waals surface area contributed by atoms with E-state index in [0.29, 0.717) is 28.3 Å². The van der Waals surface area contributed by atoms with Gasteiger partial charge in [-0.25, -0.2) is 23.5 Å². The molecular formula is C14H15N5O5S. The maximum absolute atomic E-state index is 11.8. The van der Waals surface area contributed by atoms with Crippen LogP contribution in [-0.4, -0.2) is 49.7 Å². The van der Waals surface area contributed by atoms with Crippen molar-refractivity contribution in [3.63, 3.8) is 0 Å². The minimum atomic E-state index is -4.01. The topological polar surface area (TPSA) is 142 Å². The van der Waals surface area contributed by atoms with Crippen LogP contribution in [0.3, 0.4) is 0 Å². The number of imidazole rings is 1. The third-order valence-electron chi connectivity index (χ3n) is 3.45. The number of nitrogens with one attached hydrogen (secondary N) is 1. The predicted molar refractivity (Wildman–Crippen MR) is 88.1 cm³/mol. The summed E-state index contributed by atoms with van der Waals surface area (Å²) in [4.78, 5) is 15.3. The molecule has 0 atom stereocenters. The van der Waals surface area contributed by atoms with Gasteiger partial charge in [-0.15, -0.1) is 0 Å². The fraction of sp³-hybridized carbons (Fsp3) is 0.214. The maximum atomic E-state index is 11.8. The Labute approximate surface area is 143 Å². The Hall–Kier alpha value is -2.92. The van der Waals surface area contributed by atoms with Crippen LogP contribution in [0.15, 0.2) is 23.2 Å². The van der Waals surface area contributed by atoms with Gasteiger partial charge >= 0.3 is 6.01 Å². The number of fused-ring (bicyclic) bond motifs is 1. The van der Waals surface area contributed by atoms with Crippen molar-refractivity contribution >= 4 is 21.2 Å². The molecule has 0 radical (unpaired) electrons. The standard InChI is InChI=1S/C14H15N5O5S/c1-22-9-5-10(23-2)11(25(15,20)21)4-7(9)12-17-8-6-16-14(24-3)19-13(8)18-12/h4-6H,1-3H3,(H2,15,20,21)(H,16,17,18,19). The van der Waals surface area contributed by atoms with Crippen molar-refractivity contribution in [3.05, 3.63) is 18.3 Å². The largest absolute Gasteiger partial charge is 0.496 e. The van der Waals surface area contributed by atoms with Crippen LogP contribution < -0.4 is 19.3 Å². The highest BCUT2D eigenvalue weighted by atomic mass is 32.2. The van der Waals surface area contributed by atoms with E-state index >= 15 is 0 Å². The number of methoxy groups -OCH3 is 3. The van der Waals surface area contributed by atoms with E-state index in [4.69, 9.17) is 19.3 Å². The Kier molecular flexibility index (Phi) is 4.18. The first-order chi connectivity index (χ1) is 11.9. The molecule has 25 heavy (non-hydrogen) atoms.